The summed E-state index contributed by atoms with van der Waals surface area (Å²) in [6, 6.07) is 0.0123. The summed E-state index contributed by atoms with van der Waals surface area (Å²) in [6.45, 7) is 11.1. The summed E-state index contributed by atoms with van der Waals surface area (Å²) in [4.78, 5) is 26.5. The standard InChI is InChI=1S/C18H25NO3/c1-5-7-9-14-13(10-20)11(3)17-16(18(22)19(14)17)12(4)15(21)8-6-2/h5-6,11-12,16-17,20H,1-2,7-10H2,3-4H3. The molecule has 1 saturated heterocycles. The molecule has 1 fully saturated rings. The topological polar surface area (TPSA) is 57.6 Å². The van der Waals surface area contributed by atoms with Crippen molar-refractivity contribution in [2.45, 2.75) is 39.2 Å². The van der Waals surface area contributed by atoms with Gasteiger partial charge in [0.15, 0.2) is 0 Å². The van der Waals surface area contributed by atoms with Crippen molar-refractivity contribution in [3.63, 3.8) is 0 Å². The maximum Gasteiger partial charge on any atom is 0.232 e. The summed E-state index contributed by atoms with van der Waals surface area (Å²) >= 11 is 0. The Kier molecular flexibility index (Phi) is 5.01. The Morgan fingerprint density at radius 3 is 2.64 bits per heavy atom. The molecule has 4 unspecified atom stereocenters. The van der Waals surface area contributed by atoms with Crippen LogP contribution in [0, 0.1) is 17.8 Å². The lowest BCUT2D eigenvalue weighted by molar-refractivity contribution is -0.159. The minimum absolute atomic E-state index is 0.0123. The van der Waals surface area contributed by atoms with Crippen LogP contribution < -0.4 is 0 Å². The second-order valence-electron chi connectivity index (χ2n) is 6.22. The number of aliphatic hydroxyl groups excluding tert-OH is 1. The Balaban J connectivity index is 2.22. The number of amides is 1. The van der Waals surface area contributed by atoms with Crippen LogP contribution in [0.1, 0.15) is 33.1 Å². The highest BCUT2D eigenvalue weighted by Crippen LogP contribution is 2.49. The number of aliphatic hydroxyl groups is 1. The summed E-state index contributed by atoms with van der Waals surface area (Å²) in [5.41, 5.74) is 1.87. The van der Waals surface area contributed by atoms with E-state index in [1.54, 1.807) is 6.08 Å². The van der Waals surface area contributed by atoms with E-state index in [1.165, 1.54) is 0 Å². The first-order valence-electron chi connectivity index (χ1n) is 7.89. The highest BCUT2D eigenvalue weighted by atomic mass is 16.3. The fourth-order valence-corrected chi connectivity index (χ4v) is 3.80. The van der Waals surface area contributed by atoms with Crippen molar-refractivity contribution < 1.29 is 14.7 Å². The predicted molar refractivity (Wildman–Crippen MR) is 85.8 cm³/mol. The second-order valence-corrected chi connectivity index (χ2v) is 6.22. The number of carbonyl (C=O) groups is 2. The van der Waals surface area contributed by atoms with Gasteiger partial charge in [-0.15, -0.1) is 13.2 Å². The Morgan fingerprint density at radius 2 is 2.09 bits per heavy atom. The average Bonchev–Trinajstić information content (AvgIpc) is 2.73. The Bertz CT molecular complexity index is 534. The van der Waals surface area contributed by atoms with Crippen molar-refractivity contribution >= 4 is 11.7 Å². The van der Waals surface area contributed by atoms with E-state index in [9.17, 15) is 14.7 Å². The molecular formula is C18H25NO3. The smallest absolute Gasteiger partial charge is 0.232 e. The molecule has 22 heavy (non-hydrogen) atoms. The fourth-order valence-electron chi connectivity index (χ4n) is 3.80. The number of nitrogens with zero attached hydrogens (tertiary/aromatic N) is 1. The van der Waals surface area contributed by atoms with E-state index in [0.717, 1.165) is 17.7 Å². The van der Waals surface area contributed by atoms with Crippen LogP contribution in [0.15, 0.2) is 36.6 Å². The lowest BCUT2D eigenvalue weighted by Crippen LogP contribution is -2.62. The van der Waals surface area contributed by atoms with Crippen molar-refractivity contribution in [3.8, 4) is 0 Å². The van der Waals surface area contributed by atoms with E-state index in [1.807, 2.05) is 24.8 Å². The van der Waals surface area contributed by atoms with Gasteiger partial charge < -0.3 is 10.0 Å². The second kappa shape index (κ2) is 6.61. The molecule has 1 N–H and O–H groups in total. The molecule has 2 rings (SSSR count). The van der Waals surface area contributed by atoms with E-state index in [-0.39, 0.29) is 42.1 Å². The van der Waals surface area contributed by atoms with Crippen LogP contribution in [-0.2, 0) is 9.59 Å². The molecule has 2 heterocycles. The third-order valence-corrected chi connectivity index (χ3v) is 5.06. The molecule has 4 atom stereocenters. The number of carbonyl (C=O) groups excluding carboxylic acids is 2. The van der Waals surface area contributed by atoms with Gasteiger partial charge in [0.1, 0.15) is 5.78 Å². The first-order chi connectivity index (χ1) is 10.5. The summed E-state index contributed by atoms with van der Waals surface area (Å²) < 4.78 is 0. The van der Waals surface area contributed by atoms with E-state index in [4.69, 9.17) is 0 Å². The van der Waals surface area contributed by atoms with Gasteiger partial charge in [-0.1, -0.05) is 26.0 Å². The highest BCUT2D eigenvalue weighted by molar-refractivity contribution is 5.95. The quantitative estimate of drug-likeness (QED) is 0.553. The molecule has 0 spiro atoms. The zero-order chi connectivity index (χ0) is 16.4. The minimum atomic E-state index is -0.298. The fraction of sp³-hybridized carbons (Fsp3) is 0.556. The molecular weight excluding hydrogens is 278 g/mol. The lowest BCUT2D eigenvalue weighted by atomic mass is 9.72. The van der Waals surface area contributed by atoms with Crippen LogP contribution in [0.3, 0.4) is 0 Å². The Labute approximate surface area is 132 Å². The van der Waals surface area contributed by atoms with E-state index in [0.29, 0.717) is 12.8 Å². The first kappa shape index (κ1) is 16.7. The van der Waals surface area contributed by atoms with Crippen molar-refractivity contribution in [2.24, 2.45) is 17.8 Å². The molecule has 4 nitrogen and oxygen atoms in total. The molecule has 120 valence electrons. The molecule has 2 aliphatic rings. The van der Waals surface area contributed by atoms with Crippen LogP contribution >= 0.6 is 0 Å². The van der Waals surface area contributed by atoms with Gasteiger partial charge in [0.25, 0.3) is 0 Å². The van der Waals surface area contributed by atoms with Gasteiger partial charge in [-0.25, -0.2) is 0 Å². The van der Waals surface area contributed by atoms with Crippen molar-refractivity contribution in [1.29, 1.82) is 0 Å². The van der Waals surface area contributed by atoms with Crippen molar-refractivity contribution in [2.75, 3.05) is 6.61 Å². The van der Waals surface area contributed by atoms with Gasteiger partial charge in [0.05, 0.1) is 18.6 Å². The normalized spacial score (nSPS) is 28.2. The van der Waals surface area contributed by atoms with Crippen LogP contribution in [0.5, 0.6) is 0 Å². The number of rotatable bonds is 8. The predicted octanol–water partition coefficient (Wildman–Crippen LogP) is 2.46. The summed E-state index contributed by atoms with van der Waals surface area (Å²) in [5, 5.41) is 9.67. The van der Waals surface area contributed by atoms with Crippen LogP contribution in [0.4, 0.5) is 0 Å². The zero-order valence-corrected chi connectivity index (χ0v) is 13.4. The third-order valence-electron chi connectivity index (χ3n) is 5.06. The third kappa shape index (κ3) is 2.45. The molecule has 4 heteroatoms. The van der Waals surface area contributed by atoms with E-state index < -0.39 is 0 Å². The number of hydrogen-bond donors (Lipinski definition) is 1. The van der Waals surface area contributed by atoms with E-state index in [2.05, 4.69) is 13.2 Å². The number of β-lactam (4-membered cyclic amide) rings is 1. The maximum absolute atomic E-state index is 12.6. The first-order valence-corrected chi connectivity index (χ1v) is 7.89. The van der Waals surface area contributed by atoms with E-state index >= 15 is 0 Å². The molecule has 0 aliphatic carbocycles. The number of hydrogen-bond acceptors (Lipinski definition) is 3. The Hall–Kier alpha value is -1.68. The number of fused-ring (bicyclic) bond motifs is 1. The van der Waals surface area contributed by atoms with Gasteiger partial charge in [0.2, 0.25) is 5.91 Å². The molecule has 0 aromatic heterocycles. The molecule has 1 amide bonds. The molecule has 0 aromatic rings. The SMILES string of the molecule is C=CCCC1=C(CO)C(C)C2C(C(C)C(=O)CC=C)C(=O)N12. The monoisotopic (exact) mass is 303 g/mol. The van der Waals surface area contributed by atoms with Crippen LogP contribution in [0.25, 0.3) is 0 Å². The number of ketones is 1. The number of allylic oxidation sites excluding steroid dienone is 3. The summed E-state index contributed by atoms with van der Waals surface area (Å²) in [7, 11) is 0. The molecule has 0 radical (unpaired) electrons. The van der Waals surface area contributed by atoms with Crippen LogP contribution in [-0.4, -0.2) is 34.3 Å². The minimum Gasteiger partial charge on any atom is -0.392 e. The summed E-state index contributed by atoms with van der Waals surface area (Å²) in [5.74, 6) is -0.390. The van der Waals surface area contributed by atoms with Gasteiger partial charge in [-0.2, -0.15) is 0 Å². The average molecular weight is 303 g/mol. The molecule has 2 aliphatic heterocycles. The summed E-state index contributed by atoms with van der Waals surface area (Å²) in [6.07, 6.45) is 5.20. The molecule has 0 bridgehead atoms. The van der Waals surface area contributed by atoms with Crippen molar-refractivity contribution in [1.82, 2.24) is 4.90 Å². The van der Waals surface area contributed by atoms with Gasteiger partial charge in [0, 0.05) is 24.0 Å². The molecule has 0 aromatic carbocycles. The van der Waals surface area contributed by atoms with Crippen LogP contribution in [0.2, 0.25) is 0 Å². The van der Waals surface area contributed by atoms with Gasteiger partial charge in [-0.3, -0.25) is 9.59 Å². The van der Waals surface area contributed by atoms with Gasteiger partial charge in [-0.05, 0) is 18.4 Å². The highest BCUT2D eigenvalue weighted by Gasteiger charge is 2.58. The van der Waals surface area contributed by atoms with Gasteiger partial charge >= 0.3 is 0 Å². The largest absolute Gasteiger partial charge is 0.392 e. The van der Waals surface area contributed by atoms with Crippen molar-refractivity contribution in [3.05, 3.63) is 36.6 Å². The Morgan fingerprint density at radius 1 is 1.41 bits per heavy atom. The maximum atomic E-state index is 12.6. The number of Topliss-reactive ketones (excluding diaryl/α,β-unsaturated/α-hetero) is 1. The lowest BCUT2D eigenvalue weighted by Gasteiger charge is -2.48. The molecule has 0 saturated carbocycles. The zero-order valence-electron chi connectivity index (χ0n) is 13.4.